The molecule has 0 bridgehead atoms. The van der Waals surface area contributed by atoms with E-state index in [1.54, 1.807) is 0 Å². The van der Waals surface area contributed by atoms with Gasteiger partial charge in [0, 0.05) is 0 Å². The van der Waals surface area contributed by atoms with Gasteiger partial charge in [-0.25, -0.2) is 0 Å². The van der Waals surface area contributed by atoms with Crippen LogP contribution in [0, 0.1) is 5.92 Å². The normalized spacial score (nSPS) is 11.9. The molecule has 30 heavy (non-hydrogen) atoms. The average molecular weight is 409 g/mol. The largest absolute Gasteiger partial charge is 0.426 e. The van der Waals surface area contributed by atoms with Crippen molar-refractivity contribution in [2.45, 2.75) is 90.9 Å². The Morgan fingerprint density at radius 2 is 1.17 bits per heavy atom. The van der Waals surface area contributed by atoms with Crippen LogP contribution >= 0.6 is 0 Å². The highest BCUT2D eigenvalue weighted by Crippen LogP contribution is 2.25. The molecule has 0 aliphatic heterocycles. The Kier molecular flexibility index (Phi) is 11.9. The summed E-state index contributed by atoms with van der Waals surface area (Å²) in [6.45, 7) is 4.47. The highest BCUT2D eigenvalue weighted by atomic mass is 16.5. The average Bonchev–Trinajstić information content (AvgIpc) is 2.78. The third-order valence-corrected chi connectivity index (χ3v) is 5.83. The highest BCUT2D eigenvalue weighted by Gasteiger charge is 2.20. The molecule has 0 amide bonds. The zero-order chi connectivity index (χ0) is 21.4. The maximum absolute atomic E-state index is 12.9. The molecule has 2 aromatic rings. The molecular weight excluding hydrogens is 368 g/mol. The molecule has 0 heterocycles. The van der Waals surface area contributed by atoms with Gasteiger partial charge >= 0.3 is 5.97 Å². The zero-order valence-corrected chi connectivity index (χ0v) is 19.1. The second-order valence-corrected chi connectivity index (χ2v) is 8.41. The predicted octanol–water partition coefficient (Wildman–Crippen LogP) is 8.60. The van der Waals surface area contributed by atoms with Gasteiger partial charge in [-0.2, -0.15) is 0 Å². The van der Waals surface area contributed by atoms with Crippen molar-refractivity contribution in [1.29, 1.82) is 0 Å². The van der Waals surface area contributed by atoms with Crippen LogP contribution in [0.15, 0.2) is 54.6 Å². The molecule has 0 spiro atoms. The minimum absolute atomic E-state index is 0.0295. The van der Waals surface area contributed by atoms with E-state index in [1.807, 2.05) is 42.5 Å². The standard InChI is InChI=1S/C28H40O2/c1-3-5-7-9-10-13-19-26(18-12-8-6-4-2)28(29)30-27-22-20-25(21-23-27)24-16-14-11-15-17-24/h11,14-17,20-23,26H,3-10,12-13,18-19H2,1-2H3. The van der Waals surface area contributed by atoms with Crippen molar-refractivity contribution < 1.29 is 9.53 Å². The molecule has 0 aliphatic rings. The summed E-state index contributed by atoms with van der Waals surface area (Å²) >= 11 is 0. The second kappa shape index (κ2) is 14.8. The van der Waals surface area contributed by atoms with Crippen molar-refractivity contribution in [2.75, 3.05) is 0 Å². The van der Waals surface area contributed by atoms with Gasteiger partial charge in [0.2, 0.25) is 0 Å². The lowest BCUT2D eigenvalue weighted by Crippen LogP contribution is -2.20. The fourth-order valence-corrected chi connectivity index (χ4v) is 3.91. The van der Waals surface area contributed by atoms with Gasteiger partial charge in [0.1, 0.15) is 5.75 Å². The Morgan fingerprint density at radius 1 is 0.667 bits per heavy atom. The van der Waals surface area contributed by atoms with Crippen LogP contribution in [0.1, 0.15) is 90.9 Å². The number of carbonyl (C=O) groups is 1. The van der Waals surface area contributed by atoms with Crippen LogP contribution in [0.3, 0.4) is 0 Å². The maximum Gasteiger partial charge on any atom is 0.314 e. The highest BCUT2D eigenvalue weighted by molar-refractivity contribution is 5.75. The fraction of sp³-hybridized carbons (Fsp3) is 0.536. The Hall–Kier alpha value is -2.09. The quantitative estimate of drug-likeness (QED) is 0.167. The van der Waals surface area contributed by atoms with E-state index in [9.17, 15) is 4.79 Å². The van der Waals surface area contributed by atoms with Crippen LogP contribution in [0.25, 0.3) is 11.1 Å². The smallest absolute Gasteiger partial charge is 0.314 e. The number of unbranched alkanes of at least 4 members (excludes halogenated alkanes) is 8. The maximum atomic E-state index is 12.9. The summed E-state index contributed by atoms with van der Waals surface area (Å²) < 4.78 is 5.78. The Labute approximate surface area is 184 Å². The lowest BCUT2D eigenvalue weighted by atomic mass is 9.94. The first-order valence-corrected chi connectivity index (χ1v) is 12.1. The molecule has 2 rings (SSSR count). The molecule has 0 fully saturated rings. The minimum atomic E-state index is -0.0486. The summed E-state index contributed by atoms with van der Waals surface area (Å²) in [5.74, 6) is 0.635. The molecule has 1 atom stereocenters. The summed E-state index contributed by atoms with van der Waals surface area (Å²) in [6, 6.07) is 18.2. The van der Waals surface area contributed by atoms with Gasteiger partial charge in [-0.15, -0.1) is 0 Å². The Morgan fingerprint density at radius 3 is 1.77 bits per heavy atom. The van der Waals surface area contributed by atoms with Gasteiger partial charge in [0.05, 0.1) is 5.92 Å². The van der Waals surface area contributed by atoms with Crippen LogP contribution in [-0.4, -0.2) is 5.97 Å². The first-order valence-electron chi connectivity index (χ1n) is 12.1. The molecule has 2 nitrogen and oxygen atoms in total. The third-order valence-electron chi connectivity index (χ3n) is 5.83. The molecule has 2 heteroatoms. The van der Waals surface area contributed by atoms with E-state index in [0.29, 0.717) is 5.75 Å². The molecule has 0 saturated heterocycles. The topological polar surface area (TPSA) is 26.3 Å². The molecule has 0 radical (unpaired) electrons. The van der Waals surface area contributed by atoms with Crippen molar-refractivity contribution in [3.05, 3.63) is 54.6 Å². The van der Waals surface area contributed by atoms with E-state index in [4.69, 9.17) is 4.74 Å². The first-order chi connectivity index (χ1) is 14.7. The van der Waals surface area contributed by atoms with Crippen molar-refractivity contribution in [1.82, 2.24) is 0 Å². The van der Waals surface area contributed by atoms with Crippen molar-refractivity contribution in [3.8, 4) is 16.9 Å². The lowest BCUT2D eigenvalue weighted by Gasteiger charge is -2.16. The third kappa shape index (κ3) is 9.15. The van der Waals surface area contributed by atoms with E-state index in [-0.39, 0.29) is 11.9 Å². The number of carbonyl (C=O) groups excluding carboxylic acids is 1. The van der Waals surface area contributed by atoms with Gasteiger partial charge in [0.15, 0.2) is 0 Å². The summed E-state index contributed by atoms with van der Waals surface area (Å²) in [4.78, 5) is 12.9. The summed E-state index contributed by atoms with van der Waals surface area (Å²) in [5, 5.41) is 0. The number of hydrogen-bond donors (Lipinski definition) is 0. The van der Waals surface area contributed by atoms with Crippen molar-refractivity contribution in [3.63, 3.8) is 0 Å². The van der Waals surface area contributed by atoms with E-state index < -0.39 is 0 Å². The van der Waals surface area contributed by atoms with E-state index in [0.717, 1.165) is 31.2 Å². The minimum Gasteiger partial charge on any atom is -0.426 e. The number of rotatable bonds is 15. The van der Waals surface area contributed by atoms with Crippen molar-refractivity contribution >= 4 is 5.97 Å². The van der Waals surface area contributed by atoms with Crippen LogP contribution in [0.2, 0.25) is 0 Å². The van der Waals surface area contributed by atoms with E-state index >= 15 is 0 Å². The molecular formula is C28H40O2. The predicted molar refractivity (Wildman–Crippen MR) is 128 cm³/mol. The molecule has 164 valence electrons. The monoisotopic (exact) mass is 408 g/mol. The number of hydrogen-bond acceptors (Lipinski definition) is 2. The Balaban J connectivity index is 1.87. The van der Waals surface area contributed by atoms with Crippen LogP contribution in [-0.2, 0) is 4.79 Å². The molecule has 2 aromatic carbocycles. The lowest BCUT2D eigenvalue weighted by molar-refractivity contribution is -0.139. The molecule has 0 saturated carbocycles. The number of benzene rings is 2. The van der Waals surface area contributed by atoms with Crippen LogP contribution < -0.4 is 4.74 Å². The van der Waals surface area contributed by atoms with Gasteiger partial charge in [0.25, 0.3) is 0 Å². The zero-order valence-electron chi connectivity index (χ0n) is 19.1. The van der Waals surface area contributed by atoms with Gasteiger partial charge in [-0.1, -0.05) is 121 Å². The summed E-state index contributed by atoms with van der Waals surface area (Å²) in [5.41, 5.74) is 2.31. The summed E-state index contributed by atoms with van der Waals surface area (Å²) in [7, 11) is 0. The van der Waals surface area contributed by atoms with Crippen LogP contribution in [0.4, 0.5) is 0 Å². The summed E-state index contributed by atoms with van der Waals surface area (Å²) in [6.07, 6.45) is 14.3. The fourth-order valence-electron chi connectivity index (χ4n) is 3.91. The first kappa shape index (κ1) is 24.2. The Bertz CT molecular complexity index is 690. The van der Waals surface area contributed by atoms with Crippen molar-refractivity contribution in [2.24, 2.45) is 5.92 Å². The van der Waals surface area contributed by atoms with Gasteiger partial charge in [-0.05, 0) is 36.1 Å². The number of ether oxygens (including phenoxy) is 1. The molecule has 0 aliphatic carbocycles. The van der Waals surface area contributed by atoms with Crippen LogP contribution in [0.5, 0.6) is 5.75 Å². The molecule has 1 unspecified atom stereocenters. The van der Waals surface area contributed by atoms with Gasteiger partial charge < -0.3 is 4.74 Å². The second-order valence-electron chi connectivity index (χ2n) is 8.41. The van der Waals surface area contributed by atoms with E-state index in [2.05, 4.69) is 26.0 Å². The van der Waals surface area contributed by atoms with E-state index in [1.165, 1.54) is 56.9 Å². The number of esters is 1. The molecule has 0 N–H and O–H groups in total. The SMILES string of the molecule is CCCCCCCCC(CCCCCC)C(=O)Oc1ccc(-c2ccccc2)cc1. The molecule has 0 aromatic heterocycles. The van der Waals surface area contributed by atoms with Gasteiger partial charge in [-0.3, -0.25) is 4.79 Å².